The van der Waals surface area contributed by atoms with E-state index in [1.165, 1.54) is 0 Å². The zero-order chi connectivity index (χ0) is 27.5. The third kappa shape index (κ3) is 6.05. The van der Waals surface area contributed by atoms with E-state index < -0.39 is 24.0 Å². The summed E-state index contributed by atoms with van der Waals surface area (Å²) in [6, 6.07) is 12.3. The van der Waals surface area contributed by atoms with Crippen LogP contribution in [0.25, 0.3) is 10.9 Å². The zero-order valence-electron chi connectivity index (χ0n) is 21.5. The lowest BCUT2D eigenvalue weighted by molar-refractivity contribution is -0.139. The Morgan fingerprint density at radius 3 is 2.64 bits per heavy atom. The summed E-state index contributed by atoms with van der Waals surface area (Å²) in [5.41, 5.74) is 14.7. The number of phenolic OH excluding ortho intramolecular Hbond substituents is 1. The first-order chi connectivity index (χ1) is 18.8. The van der Waals surface area contributed by atoms with Crippen LogP contribution in [0.5, 0.6) is 5.75 Å². The first-order valence-corrected chi connectivity index (χ1v) is 14.2. The van der Waals surface area contributed by atoms with Crippen molar-refractivity contribution in [3.8, 4) is 5.75 Å². The number of aromatic hydroxyl groups is 1. The molecule has 3 heterocycles. The monoisotopic (exact) mass is 550 g/mol. The molecule has 3 aromatic rings. The molecular weight excluding hydrogens is 516 g/mol. The highest BCUT2D eigenvalue weighted by atomic mass is 32.2. The van der Waals surface area contributed by atoms with Gasteiger partial charge < -0.3 is 31.8 Å². The predicted octanol–water partition coefficient (Wildman–Crippen LogP) is 0.978. The van der Waals surface area contributed by atoms with Crippen molar-refractivity contribution < 1.29 is 19.5 Å². The van der Waals surface area contributed by atoms with Crippen molar-refractivity contribution in [2.24, 2.45) is 11.5 Å². The molecule has 2 aliphatic heterocycles. The summed E-state index contributed by atoms with van der Waals surface area (Å²) in [7, 11) is 0. The molecule has 39 heavy (non-hydrogen) atoms. The normalized spacial score (nSPS) is 22.6. The zero-order valence-corrected chi connectivity index (χ0v) is 22.3. The fourth-order valence-electron chi connectivity index (χ4n) is 5.43. The van der Waals surface area contributed by atoms with E-state index in [2.05, 4.69) is 15.6 Å². The van der Waals surface area contributed by atoms with Gasteiger partial charge in [-0.1, -0.05) is 30.3 Å². The van der Waals surface area contributed by atoms with Crippen molar-refractivity contribution in [1.29, 1.82) is 0 Å². The number of para-hydroxylation sites is 1. The van der Waals surface area contributed by atoms with E-state index in [0.29, 0.717) is 38.0 Å². The van der Waals surface area contributed by atoms with Crippen LogP contribution < -0.4 is 22.1 Å². The predicted molar refractivity (Wildman–Crippen MR) is 151 cm³/mol. The number of carbonyl (C=O) groups is 3. The number of aromatic amines is 1. The van der Waals surface area contributed by atoms with Crippen LogP contribution in [0.1, 0.15) is 24.0 Å². The molecule has 8 N–H and O–H groups in total. The highest BCUT2D eigenvalue weighted by molar-refractivity contribution is 8.00. The summed E-state index contributed by atoms with van der Waals surface area (Å²) in [6.45, 7) is 0.466. The van der Waals surface area contributed by atoms with Crippen LogP contribution in [0, 0.1) is 0 Å². The van der Waals surface area contributed by atoms with Crippen molar-refractivity contribution >= 4 is 40.4 Å². The van der Waals surface area contributed by atoms with E-state index in [1.54, 1.807) is 40.9 Å². The lowest BCUT2D eigenvalue weighted by Gasteiger charge is -2.30. The third-order valence-electron chi connectivity index (χ3n) is 7.51. The van der Waals surface area contributed by atoms with Gasteiger partial charge in [0.25, 0.3) is 0 Å². The number of carbonyl (C=O) groups excluding carboxylic acids is 3. The largest absolute Gasteiger partial charge is 0.508 e. The number of nitrogens with one attached hydrogen (secondary N) is 3. The van der Waals surface area contributed by atoms with Crippen molar-refractivity contribution in [2.45, 2.75) is 55.2 Å². The topological polar surface area (TPSA) is 167 Å². The number of H-pyrrole nitrogens is 1. The molecule has 2 saturated heterocycles. The van der Waals surface area contributed by atoms with E-state index in [9.17, 15) is 19.5 Å². The van der Waals surface area contributed by atoms with Gasteiger partial charge in [0.15, 0.2) is 0 Å². The SMILES string of the molecule is NC(=O)[C@@H]1CSC([C@H](Cc2c[nH]c3ccccc23)NC(=O)[C@@H]2CCCN2C(=O)[C@@H](N)Cc2ccc(O)cc2)N1. The molecule has 3 amide bonds. The molecule has 0 aliphatic carbocycles. The molecule has 0 spiro atoms. The van der Waals surface area contributed by atoms with Crippen LogP contribution in [0.3, 0.4) is 0 Å². The fraction of sp³-hybridized carbons (Fsp3) is 0.393. The van der Waals surface area contributed by atoms with E-state index in [-0.39, 0.29) is 29.0 Å². The maximum atomic E-state index is 13.6. The average Bonchev–Trinajstić information content (AvgIpc) is 3.69. The second-order valence-electron chi connectivity index (χ2n) is 10.2. The minimum atomic E-state index is -0.798. The lowest BCUT2D eigenvalue weighted by Crippen LogP contribution is -2.56. The van der Waals surface area contributed by atoms with Crippen molar-refractivity contribution in [2.75, 3.05) is 12.3 Å². The fourth-order valence-corrected chi connectivity index (χ4v) is 6.75. The number of nitrogens with two attached hydrogens (primary N) is 2. The number of rotatable bonds is 9. The van der Waals surface area contributed by atoms with Gasteiger partial charge in [-0.3, -0.25) is 19.7 Å². The summed E-state index contributed by atoms with van der Waals surface area (Å²) in [5, 5.41) is 16.8. The molecule has 5 rings (SSSR count). The summed E-state index contributed by atoms with van der Waals surface area (Å²) in [4.78, 5) is 43.6. The van der Waals surface area contributed by atoms with Gasteiger partial charge in [-0.15, -0.1) is 11.8 Å². The molecule has 206 valence electrons. The Hall–Kier alpha value is -3.54. The molecule has 2 aromatic carbocycles. The number of nitrogens with zero attached hydrogens (tertiary/aromatic N) is 1. The number of benzene rings is 2. The summed E-state index contributed by atoms with van der Waals surface area (Å²) in [5.74, 6) is -0.240. The second kappa shape index (κ2) is 11.7. The molecular formula is C28H34N6O4S. The highest BCUT2D eigenvalue weighted by Crippen LogP contribution is 2.27. The quantitative estimate of drug-likeness (QED) is 0.231. The maximum Gasteiger partial charge on any atom is 0.243 e. The Bertz CT molecular complexity index is 1350. The van der Waals surface area contributed by atoms with Crippen molar-refractivity contribution in [3.63, 3.8) is 0 Å². The highest BCUT2D eigenvalue weighted by Gasteiger charge is 2.39. The molecule has 0 radical (unpaired) electrons. The number of aromatic nitrogens is 1. The van der Waals surface area contributed by atoms with Crippen LogP contribution in [-0.4, -0.2) is 74.6 Å². The Labute approximate surface area is 230 Å². The van der Waals surface area contributed by atoms with Crippen molar-refractivity contribution in [1.82, 2.24) is 20.5 Å². The Morgan fingerprint density at radius 2 is 1.90 bits per heavy atom. The Kier molecular flexibility index (Phi) is 8.10. The van der Waals surface area contributed by atoms with Gasteiger partial charge in [-0.25, -0.2) is 0 Å². The van der Waals surface area contributed by atoms with Gasteiger partial charge in [0.2, 0.25) is 17.7 Å². The number of likely N-dealkylation sites (tertiary alicyclic amines) is 1. The van der Waals surface area contributed by atoms with E-state index in [0.717, 1.165) is 22.0 Å². The lowest BCUT2D eigenvalue weighted by atomic mass is 10.0. The van der Waals surface area contributed by atoms with Gasteiger partial charge in [-0.2, -0.15) is 0 Å². The summed E-state index contributed by atoms with van der Waals surface area (Å²) >= 11 is 1.56. The van der Waals surface area contributed by atoms with Crippen LogP contribution in [0.4, 0.5) is 0 Å². The van der Waals surface area contributed by atoms with Gasteiger partial charge in [0, 0.05) is 29.4 Å². The standard InChI is InChI=1S/C28H34N6O4S/c29-20(12-16-7-9-18(35)10-8-16)28(38)34-11-3-6-24(34)26(37)32-22(27-33-23(15-39-27)25(30)36)13-17-14-31-21-5-2-1-4-19(17)21/h1-2,4-5,7-10,14,20,22-24,27,31,33,35H,3,6,11-13,15,29H2,(H2,30,36)(H,32,37)/t20-,22-,23-,24-,27?/m0/s1. The number of hydrogen-bond acceptors (Lipinski definition) is 7. The van der Waals surface area contributed by atoms with Gasteiger partial charge in [0.05, 0.1) is 23.5 Å². The molecule has 0 saturated carbocycles. The van der Waals surface area contributed by atoms with Gasteiger partial charge >= 0.3 is 0 Å². The molecule has 10 nitrogen and oxygen atoms in total. The number of hydrogen-bond donors (Lipinski definition) is 6. The van der Waals surface area contributed by atoms with Gasteiger partial charge in [-0.05, 0) is 55.0 Å². The Balaban J connectivity index is 1.30. The molecule has 11 heteroatoms. The average molecular weight is 551 g/mol. The number of fused-ring (bicyclic) bond motifs is 1. The number of amides is 3. The molecule has 5 atom stereocenters. The summed E-state index contributed by atoms with van der Waals surface area (Å²) < 4.78 is 0. The first kappa shape index (κ1) is 27.0. The van der Waals surface area contributed by atoms with Crippen LogP contribution in [-0.2, 0) is 27.2 Å². The second-order valence-corrected chi connectivity index (χ2v) is 11.4. The van der Waals surface area contributed by atoms with Crippen LogP contribution in [0.15, 0.2) is 54.7 Å². The van der Waals surface area contributed by atoms with Crippen LogP contribution >= 0.6 is 11.8 Å². The first-order valence-electron chi connectivity index (χ1n) is 13.2. The minimum Gasteiger partial charge on any atom is -0.508 e. The maximum absolute atomic E-state index is 13.6. The van der Waals surface area contributed by atoms with E-state index in [1.807, 2.05) is 30.5 Å². The molecule has 2 aliphatic rings. The molecule has 1 aromatic heterocycles. The Morgan fingerprint density at radius 1 is 1.13 bits per heavy atom. The summed E-state index contributed by atoms with van der Waals surface area (Å²) in [6.07, 6.45) is 4.06. The van der Waals surface area contributed by atoms with Crippen molar-refractivity contribution in [3.05, 3.63) is 65.9 Å². The van der Waals surface area contributed by atoms with Gasteiger partial charge in [0.1, 0.15) is 11.8 Å². The molecule has 1 unspecified atom stereocenters. The van der Waals surface area contributed by atoms with E-state index >= 15 is 0 Å². The number of phenols is 1. The van der Waals surface area contributed by atoms with E-state index in [4.69, 9.17) is 11.5 Å². The minimum absolute atomic E-state index is 0.147. The number of primary amides is 1. The van der Waals surface area contributed by atoms with Crippen LogP contribution in [0.2, 0.25) is 0 Å². The third-order valence-corrected chi connectivity index (χ3v) is 8.86. The molecule has 0 bridgehead atoms. The molecule has 2 fully saturated rings. The smallest absolute Gasteiger partial charge is 0.243 e. The number of thioether (sulfide) groups is 1.